The molecule has 0 spiro atoms. The zero-order chi connectivity index (χ0) is 14.0. The monoisotopic (exact) mass is 277 g/mol. The average molecular weight is 277 g/mol. The summed E-state index contributed by atoms with van der Waals surface area (Å²) in [7, 11) is -3.72. The van der Waals surface area contributed by atoms with E-state index in [1.54, 1.807) is 6.07 Å². The third-order valence-corrected chi connectivity index (χ3v) is 4.14. The molecule has 0 saturated carbocycles. The standard InChI is InChI=1S/C13H15N3O2S/c1-9-5-6-10(2)11(8-9)16-19(17,18)12-4-3-7-15-13(12)14/h3-8,16H,1-2H3,(H2,14,15). The van der Waals surface area contributed by atoms with Gasteiger partial charge in [0.05, 0.1) is 5.69 Å². The number of benzene rings is 1. The maximum Gasteiger partial charge on any atom is 0.265 e. The molecule has 0 amide bonds. The van der Waals surface area contributed by atoms with Gasteiger partial charge in [0, 0.05) is 6.20 Å². The van der Waals surface area contributed by atoms with Crippen molar-refractivity contribution in [3.8, 4) is 0 Å². The highest BCUT2D eigenvalue weighted by molar-refractivity contribution is 7.92. The Kier molecular flexibility index (Phi) is 3.44. The van der Waals surface area contributed by atoms with Crippen LogP contribution in [0.1, 0.15) is 11.1 Å². The highest BCUT2D eigenvalue weighted by Crippen LogP contribution is 2.22. The van der Waals surface area contributed by atoms with Gasteiger partial charge in [0.1, 0.15) is 10.7 Å². The van der Waals surface area contributed by atoms with Crippen LogP contribution in [0.25, 0.3) is 0 Å². The van der Waals surface area contributed by atoms with E-state index in [1.807, 2.05) is 26.0 Å². The number of nitrogens with zero attached hydrogens (tertiary/aromatic N) is 1. The van der Waals surface area contributed by atoms with Gasteiger partial charge in [-0.25, -0.2) is 13.4 Å². The minimum atomic E-state index is -3.72. The molecule has 2 rings (SSSR count). The molecule has 0 aliphatic heterocycles. The van der Waals surface area contributed by atoms with Gasteiger partial charge in [-0.05, 0) is 43.2 Å². The van der Waals surface area contributed by atoms with Gasteiger partial charge in [-0.1, -0.05) is 12.1 Å². The second-order valence-corrected chi connectivity index (χ2v) is 5.96. The third kappa shape index (κ3) is 2.85. The molecule has 6 heteroatoms. The second kappa shape index (κ2) is 4.89. The van der Waals surface area contributed by atoms with Crippen LogP contribution in [-0.2, 0) is 10.0 Å². The van der Waals surface area contributed by atoms with Crippen molar-refractivity contribution >= 4 is 21.5 Å². The number of hydrogen-bond acceptors (Lipinski definition) is 4. The molecule has 2 aromatic rings. The number of sulfonamides is 1. The molecular weight excluding hydrogens is 262 g/mol. The van der Waals surface area contributed by atoms with Crippen LogP contribution in [0.3, 0.4) is 0 Å². The average Bonchev–Trinajstić information content (AvgIpc) is 2.34. The summed E-state index contributed by atoms with van der Waals surface area (Å²) in [5.41, 5.74) is 7.96. The lowest BCUT2D eigenvalue weighted by molar-refractivity contribution is 0.601. The molecule has 0 atom stereocenters. The zero-order valence-electron chi connectivity index (χ0n) is 10.7. The Morgan fingerprint density at radius 3 is 2.63 bits per heavy atom. The lowest BCUT2D eigenvalue weighted by atomic mass is 10.1. The van der Waals surface area contributed by atoms with E-state index in [9.17, 15) is 8.42 Å². The Morgan fingerprint density at radius 1 is 1.21 bits per heavy atom. The molecule has 0 saturated heterocycles. The van der Waals surface area contributed by atoms with Crippen molar-refractivity contribution in [2.24, 2.45) is 0 Å². The number of rotatable bonds is 3. The number of nitrogens with one attached hydrogen (secondary N) is 1. The summed E-state index contributed by atoms with van der Waals surface area (Å²) >= 11 is 0. The fraction of sp³-hybridized carbons (Fsp3) is 0.154. The van der Waals surface area contributed by atoms with E-state index in [0.717, 1.165) is 11.1 Å². The second-order valence-electron chi connectivity index (χ2n) is 4.31. The van der Waals surface area contributed by atoms with E-state index in [2.05, 4.69) is 9.71 Å². The Balaban J connectivity index is 2.43. The minimum Gasteiger partial charge on any atom is -0.383 e. The van der Waals surface area contributed by atoms with Gasteiger partial charge in [0.15, 0.2) is 0 Å². The topological polar surface area (TPSA) is 85.1 Å². The molecule has 1 heterocycles. The van der Waals surface area contributed by atoms with Crippen molar-refractivity contribution < 1.29 is 8.42 Å². The van der Waals surface area contributed by atoms with E-state index >= 15 is 0 Å². The summed E-state index contributed by atoms with van der Waals surface area (Å²) < 4.78 is 27.0. The molecule has 0 radical (unpaired) electrons. The molecule has 3 N–H and O–H groups in total. The molecule has 0 aliphatic carbocycles. The van der Waals surface area contributed by atoms with Gasteiger partial charge in [-0.15, -0.1) is 0 Å². The summed E-state index contributed by atoms with van der Waals surface area (Å²) in [6.07, 6.45) is 1.45. The smallest absolute Gasteiger partial charge is 0.265 e. The number of hydrogen-bond donors (Lipinski definition) is 2. The molecule has 1 aromatic heterocycles. The first-order chi connectivity index (χ1) is 8.90. The summed E-state index contributed by atoms with van der Waals surface area (Å²) in [5.74, 6) is -0.0136. The summed E-state index contributed by atoms with van der Waals surface area (Å²) in [6.45, 7) is 3.74. The fourth-order valence-electron chi connectivity index (χ4n) is 1.68. The molecule has 5 nitrogen and oxygen atoms in total. The molecule has 0 fully saturated rings. The molecule has 1 aromatic carbocycles. The van der Waals surface area contributed by atoms with Gasteiger partial charge < -0.3 is 5.73 Å². The van der Waals surface area contributed by atoms with E-state index in [-0.39, 0.29) is 10.7 Å². The first kappa shape index (κ1) is 13.4. The van der Waals surface area contributed by atoms with E-state index in [4.69, 9.17) is 5.73 Å². The predicted molar refractivity (Wildman–Crippen MR) is 75.4 cm³/mol. The van der Waals surface area contributed by atoms with Crippen LogP contribution in [0, 0.1) is 13.8 Å². The van der Waals surface area contributed by atoms with Crippen molar-refractivity contribution in [1.82, 2.24) is 4.98 Å². The number of nitrogen functional groups attached to an aromatic ring is 1. The van der Waals surface area contributed by atoms with Gasteiger partial charge in [-0.3, -0.25) is 4.72 Å². The van der Waals surface area contributed by atoms with Crippen LogP contribution in [-0.4, -0.2) is 13.4 Å². The Hall–Kier alpha value is -2.08. The van der Waals surface area contributed by atoms with Crippen LogP contribution >= 0.6 is 0 Å². The molecule has 19 heavy (non-hydrogen) atoms. The number of nitrogens with two attached hydrogens (primary N) is 1. The van der Waals surface area contributed by atoms with E-state index < -0.39 is 10.0 Å². The Morgan fingerprint density at radius 2 is 1.95 bits per heavy atom. The molecule has 100 valence electrons. The SMILES string of the molecule is Cc1ccc(C)c(NS(=O)(=O)c2cccnc2N)c1. The van der Waals surface area contributed by atoms with Crippen molar-refractivity contribution in [1.29, 1.82) is 0 Å². The Bertz CT molecular complexity index is 712. The van der Waals surface area contributed by atoms with Crippen LogP contribution in [0.2, 0.25) is 0 Å². The number of aromatic nitrogens is 1. The lowest BCUT2D eigenvalue weighted by Gasteiger charge is -2.12. The first-order valence-electron chi connectivity index (χ1n) is 5.71. The predicted octanol–water partition coefficient (Wildman–Crippen LogP) is 2.08. The normalized spacial score (nSPS) is 11.3. The third-order valence-electron chi connectivity index (χ3n) is 2.73. The van der Waals surface area contributed by atoms with Gasteiger partial charge in [-0.2, -0.15) is 0 Å². The van der Waals surface area contributed by atoms with Crippen molar-refractivity contribution in [2.75, 3.05) is 10.5 Å². The summed E-state index contributed by atoms with van der Waals surface area (Å²) in [6, 6.07) is 8.52. The fourth-order valence-corrected chi connectivity index (χ4v) is 2.88. The molecular formula is C13H15N3O2S. The van der Waals surface area contributed by atoms with Crippen molar-refractivity contribution in [3.05, 3.63) is 47.7 Å². The van der Waals surface area contributed by atoms with E-state index in [0.29, 0.717) is 5.69 Å². The van der Waals surface area contributed by atoms with Crippen LogP contribution in [0.4, 0.5) is 11.5 Å². The minimum absolute atomic E-state index is 0.0136. The zero-order valence-corrected chi connectivity index (χ0v) is 11.5. The van der Waals surface area contributed by atoms with Crippen LogP contribution in [0.15, 0.2) is 41.4 Å². The molecule has 0 aliphatic rings. The van der Waals surface area contributed by atoms with Crippen LogP contribution in [0.5, 0.6) is 0 Å². The van der Waals surface area contributed by atoms with Crippen molar-refractivity contribution in [2.45, 2.75) is 18.7 Å². The maximum atomic E-state index is 12.3. The van der Waals surface area contributed by atoms with Gasteiger partial charge in [0.25, 0.3) is 10.0 Å². The first-order valence-corrected chi connectivity index (χ1v) is 7.19. The number of pyridine rings is 1. The maximum absolute atomic E-state index is 12.3. The van der Waals surface area contributed by atoms with Crippen LogP contribution < -0.4 is 10.5 Å². The van der Waals surface area contributed by atoms with E-state index in [1.165, 1.54) is 18.3 Å². The van der Waals surface area contributed by atoms with Gasteiger partial charge in [0.2, 0.25) is 0 Å². The van der Waals surface area contributed by atoms with Gasteiger partial charge >= 0.3 is 0 Å². The lowest BCUT2D eigenvalue weighted by Crippen LogP contribution is -2.16. The molecule has 0 bridgehead atoms. The highest BCUT2D eigenvalue weighted by Gasteiger charge is 2.18. The number of aryl methyl sites for hydroxylation is 2. The summed E-state index contributed by atoms with van der Waals surface area (Å²) in [5, 5.41) is 0. The quantitative estimate of drug-likeness (QED) is 0.899. The number of anilines is 2. The largest absolute Gasteiger partial charge is 0.383 e. The highest BCUT2D eigenvalue weighted by atomic mass is 32.2. The Labute approximate surface area is 112 Å². The van der Waals surface area contributed by atoms with Crippen molar-refractivity contribution in [3.63, 3.8) is 0 Å². The summed E-state index contributed by atoms with van der Waals surface area (Å²) in [4.78, 5) is 3.77. The molecule has 0 unspecified atom stereocenters.